The molecule has 1 unspecified atom stereocenters. The van der Waals surface area contributed by atoms with Crippen molar-refractivity contribution in [1.82, 2.24) is 0 Å². The van der Waals surface area contributed by atoms with Gasteiger partial charge in [0.15, 0.2) is 5.60 Å². The molecular formula is C13H22O3. The lowest BCUT2D eigenvalue weighted by atomic mass is 9.81. The summed E-state index contributed by atoms with van der Waals surface area (Å²) in [5.74, 6) is -0.741. The van der Waals surface area contributed by atoms with Crippen molar-refractivity contribution < 1.29 is 14.6 Å². The van der Waals surface area contributed by atoms with Gasteiger partial charge in [0.2, 0.25) is 0 Å². The van der Waals surface area contributed by atoms with Crippen LogP contribution in [0.4, 0.5) is 0 Å². The van der Waals surface area contributed by atoms with Gasteiger partial charge in [0.1, 0.15) is 0 Å². The molecule has 0 radical (unpaired) electrons. The Kier molecular flexibility index (Phi) is 3.79. The van der Waals surface area contributed by atoms with Crippen LogP contribution in [0.2, 0.25) is 0 Å². The molecule has 0 bridgehead atoms. The molecule has 0 amide bonds. The molecule has 1 saturated carbocycles. The van der Waals surface area contributed by atoms with Crippen LogP contribution in [0.3, 0.4) is 0 Å². The number of aliphatic hydroxyl groups is 1. The lowest BCUT2D eigenvalue weighted by Crippen LogP contribution is -2.49. The Morgan fingerprint density at radius 1 is 1.50 bits per heavy atom. The number of rotatable bonds is 3. The zero-order chi connectivity index (χ0) is 12.5. The summed E-state index contributed by atoms with van der Waals surface area (Å²) in [5, 5.41) is 10.6. The molecule has 1 aliphatic rings. The molecule has 0 aromatic carbocycles. The van der Waals surface area contributed by atoms with E-state index in [2.05, 4.69) is 6.58 Å². The van der Waals surface area contributed by atoms with Gasteiger partial charge in [0, 0.05) is 5.92 Å². The van der Waals surface area contributed by atoms with E-state index in [4.69, 9.17) is 4.74 Å². The average Bonchev–Trinajstić information content (AvgIpc) is 2.43. The number of hydrogen-bond donors (Lipinski definition) is 1. The fraction of sp³-hybridized carbons (Fsp3) is 0.769. The van der Waals surface area contributed by atoms with Crippen molar-refractivity contribution in [3.8, 4) is 0 Å². The monoisotopic (exact) mass is 226 g/mol. The van der Waals surface area contributed by atoms with Gasteiger partial charge in [-0.25, -0.2) is 4.79 Å². The van der Waals surface area contributed by atoms with Gasteiger partial charge in [-0.1, -0.05) is 19.1 Å². The summed E-state index contributed by atoms with van der Waals surface area (Å²) in [4.78, 5) is 12.0. The summed E-state index contributed by atoms with van der Waals surface area (Å²) in [6.45, 7) is 11.2. The Morgan fingerprint density at radius 3 is 2.50 bits per heavy atom. The molecule has 0 aromatic heterocycles. The van der Waals surface area contributed by atoms with Gasteiger partial charge in [0.05, 0.1) is 6.10 Å². The number of hydrogen-bond acceptors (Lipinski definition) is 3. The Hall–Kier alpha value is -0.830. The fourth-order valence-corrected chi connectivity index (χ4v) is 2.47. The molecule has 0 spiro atoms. The highest BCUT2D eigenvalue weighted by Crippen LogP contribution is 2.44. The van der Waals surface area contributed by atoms with Crippen molar-refractivity contribution in [2.45, 2.75) is 52.2 Å². The van der Waals surface area contributed by atoms with Crippen LogP contribution in [0, 0.1) is 11.8 Å². The van der Waals surface area contributed by atoms with Gasteiger partial charge in [0.25, 0.3) is 0 Å². The maximum Gasteiger partial charge on any atom is 0.339 e. The van der Waals surface area contributed by atoms with Crippen LogP contribution in [0.15, 0.2) is 12.2 Å². The first-order valence-corrected chi connectivity index (χ1v) is 5.89. The second-order valence-electron chi connectivity index (χ2n) is 5.16. The van der Waals surface area contributed by atoms with E-state index < -0.39 is 11.6 Å². The maximum atomic E-state index is 12.0. The third-order valence-corrected chi connectivity index (χ3v) is 3.44. The highest BCUT2D eigenvalue weighted by Gasteiger charge is 2.54. The minimum absolute atomic E-state index is 0.0690. The molecule has 0 saturated heterocycles. The van der Waals surface area contributed by atoms with Crippen molar-refractivity contribution in [3.05, 3.63) is 12.2 Å². The first-order valence-electron chi connectivity index (χ1n) is 5.89. The standard InChI is InChI=1S/C13H22O3/c1-8(2)11-7-6-10(5)13(11,15)12(14)16-9(3)4/h9-11,15H,1,6-7H2,2-5H3/t10?,11-,13-/m1/s1. The third kappa shape index (κ3) is 2.14. The van der Waals surface area contributed by atoms with E-state index in [-0.39, 0.29) is 17.9 Å². The smallest absolute Gasteiger partial charge is 0.339 e. The van der Waals surface area contributed by atoms with Crippen LogP contribution >= 0.6 is 0 Å². The van der Waals surface area contributed by atoms with Crippen molar-refractivity contribution in [2.24, 2.45) is 11.8 Å². The molecule has 92 valence electrons. The summed E-state index contributed by atoms with van der Waals surface area (Å²) >= 11 is 0. The van der Waals surface area contributed by atoms with Crippen LogP contribution in [-0.4, -0.2) is 22.8 Å². The van der Waals surface area contributed by atoms with E-state index in [1.807, 2.05) is 13.8 Å². The quantitative estimate of drug-likeness (QED) is 0.593. The van der Waals surface area contributed by atoms with E-state index in [1.165, 1.54) is 0 Å². The summed E-state index contributed by atoms with van der Waals surface area (Å²) in [6.07, 6.45) is 1.44. The van der Waals surface area contributed by atoms with Crippen LogP contribution in [0.25, 0.3) is 0 Å². The number of ether oxygens (including phenoxy) is 1. The molecule has 1 aliphatic carbocycles. The zero-order valence-corrected chi connectivity index (χ0v) is 10.6. The second kappa shape index (κ2) is 4.58. The van der Waals surface area contributed by atoms with Gasteiger partial charge < -0.3 is 9.84 Å². The van der Waals surface area contributed by atoms with Crippen LogP contribution in [-0.2, 0) is 9.53 Å². The predicted molar refractivity (Wildman–Crippen MR) is 62.9 cm³/mol. The third-order valence-electron chi connectivity index (χ3n) is 3.44. The highest BCUT2D eigenvalue weighted by molar-refractivity contribution is 5.81. The molecule has 0 aliphatic heterocycles. The fourth-order valence-electron chi connectivity index (χ4n) is 2.47. The van der Waals surface area contributed by atoms with E-state index in [0.29, 0.717) is 0 Å². The van der Waals surface area contributed by atoms with E-state index in [1.54, 1.807) is 13.8 Å². The molecule has 3 nitrogen and oxygen atoms in total. The molecule has 1 rings (SSSR count). The van der Waals surface area contributed by atoms with Crippen LogP contribution in [0.5, 0.6) is 0 Å². The summed E-state index contributed by atoms with van der Waals surface area (Å²) in [5.41, 5.74) is -0.525. The summed E-state index contributed by atoms with van der Waals surface area (Å²) in [6, 6.07) is 0. The molecular weight excluding hydrogens is 204 g/mol. The molecule has 16 heavy (non-hydrogen) atoms. The van der Waals surface area contributed by atoms with Gasteiger partial charge in [-0.3, -0.25) is 0 Å². The molecule has 1 N–H and O–H groups in total. The van der Waals surface area contributed by atoms with Crippen LogP contribution < -0.4 is 0 Å². The molecule has 3 heteroatoms. The average molecular weight is 226 g/mol. The lowest BCUT2D eigenvalue weighted by molar-refractivity contribution is -0.176. The Labute approximate surface area is 97.5 Å². The number of esters is 1. The largest absolute Gasteiger partial charge is 0.461 e. The Balaban J connectivity index is 2.94. The van der Waals surface area contributed by atoms with E-state index >= 15 is 0 Å². The number of carbonyl (C=O) groups excluding carboxylic acids is 1. The van der Waals surface area contributed by atoms with E-state index in [9.17, 15) is 9.90 Å². The van der Waals surface area contributed by atoms with Gasteiger partial charge >= 0.3 is 5.97 Å². The Morgan fingerprint density at radius 2 is 2.06 bits per heavy atom. The SMILES string of the molecule is C=C(C)[C@H]1CCC(C)[C@]1(O)C(=O)OC(C)C. The minimum atomic E-state index is -1.38. The van der Waals surface area contributed by atoms with E-state index in [0.717, 1.165) is 18.4 Å². The maximum absolute atomic E-state index is 12.0. The van der Waals surface area contributed by atoms with Gasteiger partial charge in [-0.2, -0.15) is 0 Å². The molecule has 3 atom stereocenters. The first-order chi connectivity index (χ1) is 7.30. The molecule has 0 aromatic rings. The zero-order valence-electron chi connectivity index (χ0n) is 10.6. The minimum Gasteiger partial charge on any atom is -0.461 e. The van der Waals surface area contributed by atoms with Crippen molar-refractivity contribution >= 4 is 5.97 Å². The normalized spacial score (nSPS) is 34.1. The Bertz CT molecular complexity index is 296. The second-order valence-corrected chi connectivity index (χ2v) is 5.16. The summed E-state index contributed by atoms with van der Waals surface area (Å²) < 4.78 is 5.16. The van der Waals surface area contributed by atoms with Crippen molar-refractivity contribution in [1.29, 1.82) is 0 Å². The lowest BCUT2D eigenvalue weighted by Gasteiger charge is -2.32. The molecule has 1 fully saturated rings. The highest BCUT2D eigenvalue weighted by atomic mass is 16.6. The van der Waals surface area contributed by atoms with Crippen LogP contribution in [0.1, 0.15) is 40.5 Å². The summed E-state index contributed by atoms with van der Waals surface area (Å²) in [7, 11) is 0. The first kappa shape index (κ1) is 13.2. The topological polar surface area (TPSA) is 46.5 Å². The van der Waals surface area contributed by atoms with Crippen molar-refractivity contribution in [3.63, 3.8) is 0 Å². The van der Waals surface area contributed by atoms with Gasteiger partial charge in [-0.15, -0.1) is 0 Å². The molecule has 0 heterocycles. The predicted octanol–water partition coefficient (Wildman–Crippen LogP) is 2.29. The van der Waals surface area contributed by atoms with Gasteiger partial charge in [-0.05, 0) is 39.5 Å². The van der Waals surface area contributed by atoms with Crippen molar-refractivity contribution in [2.75, 3.05) is 0 Å². The number of carbonyl (C=O) groups is 1.